The van der Waals surface area contributed by atoms with Gasteiger partial charge in [-0.2, -0.15) is 0 Å². The first kappa shape index (κ1) is 11.9. The molecule has 0 aromatic heterocycles. The van der Waals surface area contributed by atoms with Crippen LogP contribution in [0.25, 0.3) is 0 Å². The summed E-state index contributed by atoms with van der Waals surface area (Å²) in [5, 5.41) is 0. The maximum Gasteiger partial charge on any atom is 0.314 e. The molecule has 0 N–H and O–H groups in total. The molecule has 68 valence electrons. The average Bonchev–Trinajstić information content (AvgIpc) is 1.98. The molecule has 0 aromatic rings. The van der Waals surface area contributed by atoms with Crippen molar-refractivity contribution in [2.24, 2.45) is 10.9 Å². The first-order valence-corrected chi connectivity index (χ1v) is 3.33. The number of rotatable bonds is 3. The Kier molecular flexibility index (Phi) is 6.76. The van der Waals surface area contributed by atoms with Crippen LogP contribution in [-0.2, 0) is 9.53 Å². The fraction of sp³-hybridized carbons (Fsp3) is 0.714. The smallest absolute Gasteiger partial charge is 0.314 e. The van der Waals surface area contributed by atoms with Gasteiger partial charge in [0.25, 0.3) is 0 Å². The van der Waals surface area contributed by atoms with E-state index in [9.17, 15) is 4.79 Å². The second-order valence-electron chi connectivity index (χ2n) is 2.11. The Morgan fingerprint density at radius 1 is 1.73 bits per heavy atom. The van der Waals surface area contributed by atoms with E-state index in [2.05, 4.69) is 9.73 Å². The van der Waals surface area contributed by atoms with Crippen LogP contribution in [0.3, 0.4) is 0 Å². The van der Waals surface area contributed by atoms with E-state index >= 15 is 0 Å². The molecule has 0 bridgehead atoms. The minimum atomic E-state index is -0.215. The van der Waals surface area contributed by atoms with E-state index < -0.39 is 0 Å². The van der Waals surface area contributed by atoms with Crippen molar-refractivity contribution in [1.29, 1.82) is 0 Å². The fourth-order valence-corrected chi connectivity index (χ4v) is 0.387. The number of nitrogens with zero attached hydrogens (tertiary/aromatic N) is 1. The van der Waals surface area contributed by atoms with Crippen molar-refractivity contribution >= 4 is 12.4 Å². The predicted octanol–water partition coefficient (Wildman–Crippen LogP) is 1.23. The zero-order valence-electron chi connectivity index (χ0n) is 6.94. The molecule has 0 saturated heterocycles. The normalized spacial score (nSPS) is 12.3. The van der Waals surface area contributed by atoms with Crippen LogP contribution in [0.4, 0.5) is 0 Å². The Bertz CT molecular complexity index is 136. The van der Waals surface area contributed by atoms with Gasteiger partial charge in [0.2, 0.25) is 0 Å². The van der Waals surface area contributed by atoms with E-state index in [1.807, 2.05) is 13.8 Å². The van der Waals surface area contributed by atoms with Crippen LogP contribution in [0.2, 0.25) is 0 Å². The van der Waals surface area contributed by atoms with Gasteiger partial charge in [-0.1, -0.05) is 13.8 Å². The molecular formula is C7H13CfNO2. The van der Waals surface area contributed by atoms with E-state index in [0.717, 1.165) is 12.8 Å². The van der Waals surface area contributed by atoms with Crippen molar-refractivity contribution < 1.29 is 9.53 Å². The minimum absolute atomic E-state index is 0. The van der Waals surface area contributed by atoms with Gasteiger partial charge < -0.3 is 4.74 Å². The Morgan fingerprint density at radius 2 is 2.27 bits per heavy atom. The van der Waals surface area contributed by atoms with Gasteiger partial charge >= 0.3 is 5.97 Å². The molecule has 0 saturated carbocycles. The molecular weight excluding hydrogens is 381 g/mol. The number of carbonyl (C=O) groups excluding carboxylic acids is 1. The summed E-state index contributed by atoms with van der Waals surface area (Å²) in [4.78, 5) is 14.3. The second kappa shape index (κ2) is 6.26. The summed E-state index contributed by atoms with van der Waals surface area (Å²) < 4.78 is 4.61. The third-order valence-corrected chi connectivity index (χ3v) is 1.29. The van der Waals surface area contributed by atoms with Crippen molar-refractivity contribution in [3.8, 4) is 0 Å². The van der Waals surface area contributed by atoms with Gasteiger partial charge in [-0.3, -0.25) is 9.79 Å². The molecule has 3 nitrogen and oxygen atoms in total. The maximum atomic E-state index is 10.8. The van der Waals surface area contributed by atoms with Crippen LogP contribution in [0.15, 0.2) is 4.99 Å². The standard InChI is InChI=1S/C7H13NO2.Cf/c1-4-6(2)7(9)10-5-8-3;/h5-6H,4H2,1-3H3;. The zero-order valence-corrected chi connectivity index (χ0v) is 9.58. The first-order valence-electron chi connectivity index (χ1n) is 3.33. The molecule has 0 heterocycles. The van der Waals surface area contributed by atoms with Crippen LogP contribution < -0.4 is 0 Å². The van der Waals surface area contributed by atoms with Crippen molar-refractivity contribution in [1.82, 2.24) is 0 Å². The Labute approximate surface area is 61.1 Å². The summed E-state index contributed by atoms with van der Waals surface area (Å²) >= 11 is 0. The molecule has 0 aromatic carbocycles. The Hall–Kier alpha value is -1.86. The largest absolute Gasteiger partial charge is 0.415 e. The van der Waals surface area contributed by atoms with E-state index in [1.165, 1.54) is 0 Å². The molecule has 1 atom stereocenters. The molecule has 0 fully saturated rings. The zero-order chi connectivity index (χ0) is 7.98. The Morgan fingerprint density at radius 3 is 2.64 bits per heavy atom. The summed E-state index contributed by atoms with van der Waals surface area (Å²) in [6.07, 6.45) is 1.96. The fourth-order valence-electron chi connectivity index (χ4n) is 0.387. The third kappa shape index (κ3) is 4.63. The maximum absolute atomic E-state index is 10.8. The SMILES string of the molecule is CCC(C)C(=O)OC=NC.[Cf]. The number of aliphatic imine (C=N–C) groups is 1. The van der Waals surface area contributed by atoms with Crippen LogP contribution in [0.1, 0.15) is 20.3 Å². The molecule has 0 aliphatic rings. The topological polar surface area (TPSA) is 38.7 Å². The van der Waals surface area contributed by atoms with Crippen LogP contribution >= 0.6 is 0 Å². The van der Waals surface area contributed by atoms with Crippen LogP contribution in [-0.4, -0.2) is 19.4 Å². The molecule has 0 aliphatic carbocycles. The quantitative estimate of drug-likeness (QED) is 0.411. The molecule has 0 radical (unpaired) electrons. The van der Waals surface area contributed by atoms with Crippen LogP contribution in [0, 0.1) is 5.92 Å². The van der Waals surface area contributed by atoms with E-state index in [4.69, 9.17) is 0 Å². The second-order valence-corrected chi connectivity index (χ2v) is 2.11. The van der Waals surface area contributed by atoms with Gasteiger partial charge in [-0.15, -0.1) is 0 Å². The first-order chi connectivity index (χ1) is 4.72. The molecule has 0 rings (SSSR count). The molecule has 0 aliphatic heterocycles. The summed E-state index contributed by atoms with van der Waals surface area (Å²) in [6, 6.07) is 0. The summed E-state index contributed by atoms with van der Waals surface area (Å²) in [5.41, 5.74) is 0. The van der Waals surface area contributed by atoms with Gasteiger partial charge in [0.05, 0.1) is 5.92 Å². The Balaban J connectivity index is 0. The molecule has 1 unspecified atom stereocenters. The van der Waals surface area contributed by atoms with E-state index in [1.54, 1.807) is 7.05 Å². The van der Waals surface area contributed by atoms with Crippen molar-refractivity contribution in [3.05, 3.63) is 0 Å². The number of carbonyl (C=O) groups is 1. The summed E-state index contributed by atoms with van der Waals surface area (Å²) in [5.74, 6) is -0.244. The number of hydrogen-bond donors (Lipinski definition) is 0. The van der Waals surface area contributed by atoms with Crippen molar-refractivity contribution in [3.63, 3.8) is 0 Å². The van der Waals surface area contributed by atoms with E-state index in [-0.39, 0.29) is 11.9 Å². The monoisotopic (exact) mass is 392 g/mol. The average molecular weight is 394 g/mol. The van der Waals surface area contributed by atoms with Gasteiger partial charge in [-0.25, -0.2) is 0 Å². The van der Waals surface area contributed by atoms with E-state index in [0.29, 0.717) is 0 Å². The number of esters is 1. The predicted molar refractivity (Wildman–Crippen MR) is 40.0 cm³/mol. The molecule has 11 heavy (non-hydrogen) atoms. The van der Waals surface area contributed by atoms with Gasteiger partial charge in [0, 0.05) is 7.05 Å². The van der Waals surface area contributed by atoms with Gasteiger partial charge in [-0.05, 0) is 6.42 Å². The molecule has 4 heteroatoms. The third-order valence-electron chi connectivity index (χ3n) is 1.29. The summed E-state index contributed by atoms with van der Waals surface area (Å²) in [7, 11) is 1.56. The van der Waals surface area contributed by atoms with Gasteiger partial charge in [0.1, 0.15) is 0 Å². The molecule has 0 spiro atoms. The number of hydrogen-bond acceptors (Lipinski definition) is 3. The van der Waals surface area contributed by atoms with Gasteiger partial charge in [0.15, 0.2) is 6.40 Å². The minimum Gasteiger partial charge on any atom is -0.415 e. The van der Waals surface area contributed by atoms with Crippen molar-refractivity contribution in [2.75, 3.05) is 7.05 Å². The summed E-state index contributed by atoms with van der Waals surface area (Å²) in [6.45, 7) is 3.76. The van der Waals surface area contributed by atoms with Crippen LogP contribution in [0.5, 0.6) is 0 Å². The van der Waals surface area contributed by atoms with Crippen molar-refractivity contribution in [2.45, 2.75) is 20.3 Å². The number of ether oxygens (including phenoxy) is 1. The molecule has 0 amide bonds.